The van der Waals surface area contributed by atoms with E-state index in [-0.39, 0.29) is 17.6 Å². The Morgan fingerprint density at radius 1 is 1.29 bits per heavy atom. The lowest BCUT2D eigenvalue weighted by Gasteiger charge is -2.19. The Hall–Kier alpha value is -2.84. The van der Waals surface area contributed by atoms with Gasteiger partial charge in [0.05, 0.1) is 41.6 Å². The Kier molecular flexibility index (Phi) is 6.58. The Labute approximate surface area is 184 Å². The smallest absolute Gasteiger partial charge is 0.262 e. The molecule has 1 aliphatic rings. The van der Waals surface area contributed by atoms with E-state index in [4.69, 9.17) is 14.5 Å². The number of hydrogen-bond acceptors (Lipinski definition) is 6. The van der Waals surface area contributed by atoms with Crippen LogP contribution in [0.15, 0.2) is 58.5 Å². The van der Waals surface area contributed by atoms with Gasteiger partial charge in [0.1, 0.15) is 5.75 Å². The molecule has 2 atom stereocenters. The summed E-state index contributed by atoms with van der Waals surface area (Å²) in [6, 6.07) is 14.5. The van der Waals surface area contributed by atoms with Gasteiger partial charge < -0.3 is 14.8 Å². The van der Waals surface area contributed by atoms with Crippen molar-refractivity contribution in [3.63, 3.8) is 0 Å². The van der Waals surface area contributed by atoms with E-state index in [9.17, 15) is 9.59 Å². The van der Waals surface area contributed by atoms with Crippen LogP contribution in [0.2, 0.25) is 0 Å². The fourth-order valence-electron chi connectivity index (χ4n) is 3.58. The molecule has 1 saturated heterocycles. The van der Waals surface area contributed by atoms with Crippen LogP contribution in [0.25, 0.3) is 10.9 Å². The second kappa shape index (κ2) is 9.53. The number of amides is 1. The number of fused-ring (bicyclic) bond motifs is 1. The van der Waals surface area contributed by atoms with Crippen LogP contribution >= 0.6 is 11.8 Å². The monoisotopic (exact) mass is 439 g/mol. The fraction of sp³-hybridized carbons (Fsp3) is 0.348. The molecule has 2 heterocycles. The minimum absolute atomic E-state index is 0.0160. The molecule has 31 heavy (non-hydrogen) atoms. The number of thioether (sulfide) groups is 1. The second-order valence-corrected chi connectivity index (χ2v) is 8.72. The van der Waals surface area contributed by atoms with Crippen LogP contribution < -0.4 is 15.6 Å². The Morgan fingerprint density at radius 3 is 2.84 bits per heavy atom. The molecule has 0 unspecified atom stereocenters. The molecule has 1 fully saturated rings. The topological polar surface area (TPSA) is 82.5 Å². The molecule has 0 bridgehead atoms. The average molecular weight is 440 g/mol. The largest absolute Gasteiger partial charge is 0.495 e. The third-order valence-corrected chi connectivity index (χ3v) is 6.34. The van der Waals surface area contributed by atoms with Gasteiger partial charge in [-0.1, -0.05) is 36.0 Å². The van der Waals surface area contributed by atoms with Crippen LogP contribution in [0, 0.1) is 0 Å². The third kappa shape index (κ3) is 4.75. The minimum Gasteiger partial charge on any atom is -0.495 e. The van der Waals surface area contributed by atoms with Crippen LogP contribution in [0.5, 0.6) is 5.75 Å². The maximum atomic E-state index is 13.2. The summed E-state index contributed by atoms with van der Waals surface area (Å²) in [6.07, 6.45) is 1.88. The maximum absolute atomic E-state index is 13.2. The first-order chi connectivity index (χ1) is 15.1. The summed E-state index contributed by atoms with van der Waals surface area (Å²) in [7, 11) is 1.56. The van der Waals surface area contributed by atoms with Crippen LogP contribution in [0.1, 0.15) is 19.8 Å². The molecule has 7 nitrogen and oxygen atoms in total. The van der Waals surface area contributed by atoms with Gasteiger partial charge in [-0.2, -0.15) is 0 Å². The molecule has 0 radical (unpaired) electrons. The van der Waals surface area contributed by atoms with Gasteiger partial charge in [-0.25, -0.2) is 4.98 Å². The molecule has 3 aromatic rings. The molecular weight excluding hydrogens is 414 g/mol. The van der Waals surface area contributed by atoms with Crippen molar-refractivity contribution in [2.75, 3.05) is 19.0 Å². The number of hydrogen-bond donors (Lipinski definition) is 1. The molecule has 0 aliphatic carbocycles. The zero-order chi connectivity index (χ0) is 21.8. The quantitative estimate of drug-likeness (QED) is 0.447. The Balaban J connectivity index is 1.61. The average Bonchev–Trinajstić information content (AvgIpc) is 3.30. The van der Waals surface area contributed by atoms with E-state index in [1.54, 1.807) is 36.8 Å². The number of methoxy groups -OCH3 is 1. The van der Waals surface area contributed by atoms with E-state index in [1.165, 1.54) is 11.8 Å². The predicted octanol–water partition coefficient (Wildman–Crippen LogP) is 3.70. The van der Waals surface area contributed by atoms with Crippen molar-refractivity contribution >= 4 is 34.3 Å². The number of rotatable bonds is 7. The summed E-state index contributed by atoms with van der Waals surface area (Å²) in [5.41, 5.74) is 1.11. The first-order valence-electron chi connectivity index (χ1n) is 10.3. The number of carbonyl (C=O) groups excluding carboxylic acids is 1. The summed E-state index contributed by atoms with van der Waals surface area (Å²) in [6.45, 7) is 2.94. The number of aromatic nitrogens is 2. The Bertz CT molecular complexity index is 1140. The lowest BCUT2D eigenvalue weighted by atomic mass is 10.2. The number of benzene rings is 2. The fourth-order valence-corrected chi connectivity index (χ4v) is 4.50. The second-order valence-electron chi connectivity index (χ2n) is 7.41. The molecule has 162 valence electrons. The number of carbonyl (C=O) groups is 1. The third-order valence-electron chi connectivity index (χ3n) is 5.25. The van der Waals surface area contributed by atoms with Crippen molar-refractivity contribution in [1.82, 2.24) is 9.55 Å². The van der Waals surface area contributed by atoms with Crippen molar-refractivity contribution in [2.24, 2.45) is 0 Å². The first-order valence-corrected chi connectivity index (χ1v) is 11.2. The standard InChI is InChI=1S/C23H25N3O4S/c1-15(21(27)24-19-11-5-6-12-20(19)29-2)31-23-25-18-10-4-3-9-17(18)22(28)26(23)14-16-8-7-13-30-16/h3-6,9-12,15-16H,7-8,13-14H2,1-2H3,(H,24,27)/t15-,16+/m0/s1. The van der Waals surface area contributed by atoms with E-state index >= 15 is 0 Å². The molecule has 1 aliphatic heterocycles. The molecule has 1 amide bonds. The number of nitrogens with zero attached hydrogens (tertiary/aromatic N) is 2. The number of anilines is 1. The van der Waals surface area contributed by atoms with Crippen molar-refractivity contribution in [3.8, 4) is 5.75 Å². The molecule has 2 aromatic carbocycles. The number of nitrogens with one attached hydrogen (secondary N) is 1. The molecule has 4 rings (SSSR count). The van der Waals surface area contributed by atoms with E-state index < -0.39 is 5.25 Å². The van der Waals surface area contributed by atoms with Crippen molar-refractivity contribution < 1.29 is 14.3 Å². The Morgan fingerprint density at radius 2 is 2.06 bits per heavy atom. The van der Waals surface area contributed by atoms with Crippen LogP contribution in [-0.2, 0) is 16.1 Å². The van der Waals surface area contributed by atoms with Gasteiger partial charge in [0.15, 0.2) is 5.16 Å². The summed E-state index contributed by atoms with van der Waals surface area (Å²) >= 11 is 1.27. The van der Waals surface area contributed by atoms with E-state index in [0.29, 0.717) is 40.6 Å². The SMILES string of the molecule is COc1ccccc1NC(=O)[C@H](C)Sc1nc2ccccc2c(=O)n1C[C@H]1CCCO1. The zero-order valence-electron chi connectivity index (χ0n) is 17.5. The normalized spacial score (nSPS) is 16.9. The predicted molar refractivity (Wildman–Crippen MR) is 122 cm³/mol. The number of para-hydroxylation sites is 3. The maximum Gasteiger partial charge on any atom is 0.262 e. The summed E-state index contributed by atoms with van der Waals surface area (Å²) < 4.78 is 12.7. The highest BCUT2D eigenvalue weighted by Gasteiger charge is 2.23. The summed E-state index contributed by atoms with van der Waals surface area (Å²) in [4.78, 5) is 30.8. The van der Waals surface area contributed by atoms with Crippen LogP contribution in [0.4, 0.5) is 5.69 Å². The first kappa shape index (κ1) is 21.4. The summed E-state index contributed by atoms with van der Waals surface area (Å²) in [5.74, 6) is 0.396. The van der Waals surface area contributed by atoms with Gasteiger partial charge in [0.2, 0.25) is 5.91 Å². The van der Waals surface area contributed by atoms with E-state index in [1.807, 2.05) is 30.3 Å². The molecule has 8 heteroatoms. The molecule has 0 spiro atoms. The molecule has 0 saturated carbocycles. The lowest BCUT2D eigenvalue weighted by molar-refractivity contribution is -0.115. The zero-order valence-corrected chi connectivity index (χ0v) is 18.4. The molecule has 1 aromatic heterocycles. The van der Waals surface area contributed by atoms with Crippen LogP contribution in [0.3, 0.4) is 0 Å². The summed E-state index contributed by atoms with van der Waals surface area (Å²) in [5, 5.41) is 3.50. The van der Waals surface area contributed by atoms with Gasteiger partial charge in [0.25, 0.3) is 5.56 Å². The van der Waals surface area contributed by atoms with Gasteiger partial charge in [-0.15, -0.1) is 0 Å². The van der Waals surface area contributed by atoms with Crippen LogP contribution in [-0.4, -0.2) is 40.5 Å². The minimum atomic E-state index is -0.478. The van der Waals surface area contributed by atoms with E-state index in [2.05, 4.69) is 5.32 Å². The number of ether oxygens (including phenoxy) is 2. The lowest BCUT2D eigenvalue weighted by Crippen LogP contribution is -2.30. The molecular formula is C23H25N3O4S. The van der Waals surface area contributed by atoms with Gasteiger partial charge in [-0.05, 0) is 44.0 Å². The van der Waals surface area contributed by atoms with Gasteiger partial charge in [0, 0.05) is 6.61 Å². The highest BCUT2D eigenvalue weighted by Crippen LogP contribution is 2.27. The highest BCUT2D eigenvalue weighted by molar-refractivity contribution is 8.00. The highest BCUT2D eigenvalue weighted by atomic mass is 32.2. The van der Waals surface area contributed by atoms with E-state index in [0.717, 1.165) is 12.8 Å². The van der Waals surface area contributed by atoms with Crippen molar-refractivity contribution in [2.45, 2.75) is 42.8 Å². The van der Waals surface area contributed by atoms with Crippen molar-refractivity contribution in [3.05, 3.63) is 58.9 Å². The van der Waals surface area contributed by atoms with Gasteiger partial charge >= 0.3 is 0 Å². The van der Waals surface area contributed by atoms with Crippen molar-refractivity contribution in [1.29, 1.82) is 0 Å². The molecule has 1 N–H and O–H groups in total. The van der Waals surface area contributed by atoms with Gasteiger partial charge in [-0.3, -0.25) is 14.2 Å².